The highest BCUT2D eigenvalue weighted by atomic mass is 16.4. The maximum absolute atomic E-state index is 10.9. The number of hydrogen-bond donors (Lipinski definition) is 2. The fraction of sp³-hybridized carbons (Fsp3) is 0.100. The van der Waals surface area contributed by atoms with Gasteiger partial charge in [0.2, 0.25) is 0 Å². The molecule has 1 heterocycles. The number of carboxylic acid groups (broad SMARTS) is 1. The Morgan fingerprint density at radius 3 is 2.93 bits per heavy atom. The third-order valence-corrected chi connectivity index (χ3v) is 2.18. The first-order chi connectivity index (χ1) is 6.63. The van der Waals surface area contributed by atoms with Crippen molar-refractivity contribution < 1.29 is 15.0 Å². The minimum atomic E-state index is -1.10. The Kier molecular flexibility index (Phi) is 1.70. The van der Waals surface area contributed by atoms with E-state index in [-0.39, 0.29) is 5.75 Å². The van der Waals surface area contributed by atoms with Crippen LogP contribution in [-0.2, 0) is 0 Å². The van der Waals surface area contributed by atoms with Gasteiger partial charge in [0.1, 0.15) is 5.75 Å². The first-order valence-electron chi connectivity index (χ1n) is 4.07. The summed E-state index contributed by atoms with van der Waals surface area (Å²) in [5, 5.41) is 19.0. The fourth-order valence-electron chi connectivity index (χ4n) is 1.52. The number of hydrogen-bond acceptors (Lipinski definition) is 2. The van der Waals surface area contributed by atoms with Crippen molar-refractivity contribution in [2.45, 2.75) is 6.92 Å². The van der Waals surface area contributed by atoms with Gasteiger partial charge in [0.25, 0.3) is 0 Å². The summed E-state index contributed by atoms with van der Waals surface area (Å²) in [6.45, 7) is 1.55. The van der Waals surface area contributed by atoms with E-state index in [1.165, 1.54) is 0 Å². The summed E-state index contributed by atoms with van der Waals surface area (Å²) in [6, 6.07) is 7.75. The third kappa shape index (κ3) is 0.970. The van der Waals surface area contributed by atoms with Crippen LogP contribution in [0.15, 0.2) is 18.2 Å². The van der Waals surface area contributed by atoms with E-state index in [2.05, 4.69) is 6.07 Å². The van der Waals surface area contributed by atoms with E-state index < -0.39 is 6.09 Å². The number of benzene rings is 1. The van der Waals surface area contributed by atoms with Crippen LogP contribution in [0.4, 0.5) is 4.79 Å². The summed E-state index contributed by atoms with van der Waals surface area (Å²) in [7, 11) is 0. The summed E-state index contributed by atoms with van der Waals surface area (Å²) in [4.78, 5) is 10.9. The summed E-state index contributed by atoms with van der Waals surface area (Å²) in [5.41, 5.74) is 0.768. The van der Waals surface area contributed by atoms with Gasteiger partial charge < -0.3 is 10.2 Å². The molecule has 0 fully saturated rings. The second kappa shape index (κ2) is 2.77. The van der Waals surface area contributed by atoms with Gasteiger partial charge in [-0.05, 0) is 19.1 Å². The molecule has 0 saturated carbocycles. The molecule has 0 aliphatic carbocycles. The Bertz CT molecular complexity index is 513. The first-order valence-corrected chi connectivity index (χ1v) is 4.07. The predicted octanol–water partition coefficient (Wildman–Crippen LogP) is 1.98. The summed E-state index contributed by atoms with van der Waals surface area (Å²) in [5.74, 6) is -0.0250. The van der Waals surface area contributed by atoms with Crippen molar-refractivity contribution in [3.8, 4) is 5.75 Å². The maximum atomic E-state index is 10.9. The Labute approximate surface area is 80.0 Å². The molecule has 0 saturated heterocycles. The minimum absolute atomic E-state index is 0.0250. The third-order valence-electron chi connectivity index (χ3n) is 2.18. The van der Waals surface area contributed by atoms with E-state index in [1.807, 2.05) is 0 Å². The molecule has 0 bridgehead atoms. The van der Waals surface area contributed by atoms with Crippen LogP contribution in [0.2, 0.25) is 0 Å². The van der Waals surface area contributed by atoms with Crippen LogP contribution >= 0.6 is 0 Å². The van der Waals surface area contributed by atoms with Gasteiger partial charge >= 0.3 is 6.09 Å². The quantitative estimate of drug-likeness (QED) is 0.667. The van der Waals surface area contributed by atoms with Crippen LogP contribution in [0.5, 0.6) is 5.75 Å². The molecule has 0 aliphatic heterocycles. The molecule has 2 aromatic rings. The van der Waals surface area contributed by atoms with Gasteiger partial charge in [0.05, 0.1) is 16.6 Å². The van der Waals surface area contributed by atoms with Gasteiger partial charge in [0, 0.05) is 0 Å². The topological polar surface area (TPSA) is 62.5 Å². The summed E-state index contributed by atoms with van der Waals surface area (Å²) in [6.07, 6.45) is -1.10. The summed E-state index contributed by atoms with van der Waals surface area (Å²) < 4.78 is 1.04. The molecule has 4 nitrogen and oxygen atoms in total. The Hall–Kier alpha value is -1.97. The molecule has 14 heavy (non-hydrogen) atoms. The molecule has 0 atom stereocenters. The van der Waals surface area contributed by atoms with Gasteiger partial charge in [-0.15, -0.1) is 0 Å². The van der Waals surface area contributed by atoms with Gasteiger partial charge in [-0.1, -0.05) is 12.1 Å². The van der Waals surface area contributed by atoms with Crippen molar-refractivity contribution in [2.24, 2.45) is 0 Å². The van der Waals surface area contributed by atoms with Crippen molar-refractivity contribution in [3.05, 3.63) is 30.0 Å². The number of carbonyl (C=O) groups is 1. The molecule has 2 rings (SSSR count). The number of rotatable bonds is 0. The average molecular weight is 190 g/mol. The van der Waals surface area contributed by atoms with Crippen molar-refractivity contribution >= 4 is 17.0 Å². The average Bonchev–Trinajstić information content (AvgIpc) is 2.41. The van der Waals surface area contributed by atoms with Crippen molar-refractivity contribution in [1.82, 2.24) is 4.57 Å². The van der Waals surface area contributed by atoms with E-state index >= 15 is 0 Å². The van der Waals surface area contributed by atoms with Gasteiger partial charge in [-0.2, -0.15) is 0 Å². The predicted molar refractivity (Wildman–Crippen MR) is 50.6 cm³/mol. The Morgan fingerprint density at radius 2 is 2.29 bits per heavy atom. The molecular weight excluding hydrogens is 182 g/mol. The second-order valence-corrected chi connectivity index (χ2v) is 2.98. The van der Waals surface area contributed by atoms with Crippen LogP contribution in [-0.4, -0.2) is 20.9 Å². The zero-order chi connectivity index (χ0) is 10.3. The van der Waals surface area contributed by atoms with Crippen LogP contribution in [0.3, 0.4) is 0 Å². The molecular formula is C10H8NO3. The zero-order valence-corrected chi connectivity index (χ0v) is 7.48. The standard InChI is InChI=1S/C10H8NO3/c1-6-9(12)7-4-2-3-5-8(7)11(6)10(13)14/h2-3,5,12H,1H3,(H,13,14). The molecule has 1 radical (unpaired) electrons. The number of fused-ring (bicyclic) bond motifs is 1. The minimum Gasteiger partial charge on any atom is -0.505 e. The Balaban J connectivity index is 2.95. The number of aromatic hydroxyl groups is 1. The zero-order valence-electron chi connectivity index (χ0n) is 7.48. The largest absolute Gasteiger partial charge is 0.505 e. The van der Waals surface area contributed by atoms with Crippen LogP contribution in [0, 0.1) is 13.0 Å². The highest BCUT2D eigenvalue weighted by Gasteiger charge is 2.16. The molecule has 1 aromatic heterocycles. The van der Waals surface area contributed by atoms with Gasteiger partial charge in [0.15, 0.2) is 0 Å². The molecule has 0 spiro atoms. The highest BCUT2D eigenvalue weighted by molar-refractivity contribution is 5.94. The lowest BCUT2D eigenvalue weighted by Gasteiger charge is -1.98. The molecule has 2 N–H and O–H groups in total. The van der Waals surface area contributed by atoms with Gasteiger partial charge in [-0.25, -0.2) is 9.36 Å². The smallest absolute Gasteiger partial charge is 0.416 e. The first kappa shape index (κ1) is 8.62. The number of nitrogens with zero attached hydrogens (tertiary/aromatic N) is 1. The van der Waals surface area contributed by atoms with E-state index in [0.29, 0.717) is 16.6 Å². The van der Waals surface area contributed by atoms with Crippen LogP contribution in [0.25, 0.3) is 10.9 Å². The van der Waals surface area contributed by atoms with Crippen molar-refractivity contribution in [2.75, 3.05) is 0 Å². The molecule has 1 aromatic carbocycles. The normalized spacial score (nSPS) is 10.6. The lowest BCUT2D eigenvalue weighted by Crippen LogP contribution is -2.08. The lowest BCUT2D eigenvalue weighted by atomic mass is 10.2. The SMILES string of the molecule is Cc1c(O)c2[c]cccc2n1C(=O)O. The van der Waals surface area contributed by atoms with E-state index in [0.717, 1.165) is 4.57 Å². The van der Waals surface area contributed by atoms with Gasteiger partial charge in [-0.3, -0.25) is 0 Å². The number of aromatic nitrogens is 1. The molecule has 4 heteroatoms. The van der Waals surface area contributed by atoms with E-state index in [9.17, 15) is 9.90 Å². The van der Waals surface area contributed by atoms with Crippen LogP contribution in [0.1, 0.15) is 5.69 Å². The van der Waals surface area contributed by atoms with Crippen LogP contribution < -0.4 is 0 Å². The highest BCUT2D eigenvalue weighted by Crippen LogP contribution is 2.30. The fourth-order valence-corrected chi connectivity index (χ4v) is 1.52. The second-order valence-electron chi connectivity index (χ2n) is 2.98. The summed E-state index contributed by atoms with van der Waals surface area (Å²) >= 11 is 0. The maximum Gasteiger partial charge on any atom is 0.416 e. The van der Waals surface area contributed by atoms with E-state index in [1.54, 1.807) is 25.1 Å². The van der Waals surface area contributed by atoms with Crippen molar-refractivity contribution in [1.29, 1.82) is 0 Å². The molecule has 71 valence electrons. The molecule has 0 aliphatic rings. The molecule has 0 unspecified atom stereocenters. The lowest BCUT2D eigenvalue weighted by molar-refractivity contribution is 0.196. The monoisotopic (exact) mass is 190 g/mol. The van der Waals surface area contributed by atoms with Crippen molar-refractivity contribution in [3.63, 3.8) is 0 Å². The van der Waals surface area contributed by atoms with E-state index in [4.69, 9.17) is 5.11 Å². The Morgan fingerprint density at radius 1 is 1.57 bits per heavy atom. The molecule has 0 amide bonds.